The molecule has 6 nitrogen and oxygen atoms in total. The lowest BCUT2D eigenvalue weighted by molar-refractivity contribution is -0.137. The number of rotatable bonds is 5. The molecule has 0 unspecified atom stereocenters. The Kier molecular flexibility index (Phi) is 8.26. The molecule has 0 radical (unpaired) electrons. The lowest BCUT2D eigenvalue weighted by Crippen LogP contribution is -2.46. The van der Waals surface area contributed by atoms with Gasteiger partial charge in [-0.05, 0) is 103 Å². The van der Waals surface area contributed by atoms with Gasteiger partial charge >= 0.3 is 0 Å². The third kappa shape index (κ3) is 5.71. The second-order valence-corrected chi connectivity index (χ2v) is 14.8. The normalized spacial score (nSPS) is 24.0. The zero-order valence-electron chi connectivity index (χ0n) is 22.1. The van der Waals surface area contributed by atoms with E-state index in [0.29, 0.717) is 17.9 Å². The molecular weight excluding hydrogens is 690 g/mol. The Morgan fingerprint density at radius 3 is 2.24 bits per heavy atom. The fourth-order valence-corrected chi connectivity index (χ4v) is 8.41. The van der Waals surface area contributed by atoms with E-state index in [1.54, 1.807) is 17.1 Å². The molecule has 2 aliphatic heterocycles. The maximum atomic E-state index is 14.3. The number of sulfonamides is 1. The summed E-state index contributed by atoms with van der Waals surface area (Å²) in [6, 6.07) is 21.1. The maximum Gasteiger partial charge on any atom is 0.261 e. The quantitative estimate of drug-likeness (QED) is 0.270. The van der Waals surface area contributed by atoms with Crippen molar-refractivity contribution in [1.29, 1.82) is 0 Å². The van der Waals surface area contributed by atoms with Crippen molar-refractivity contribution in [2.24, 2.45) is 11.0 Å². The van der Waals surface area contributed by atoms with Gasteiger partial charge in [-0.25, -0.2) is 13.4 Å². The van der Waals surface area contributed by atoms with Crippen LogP contribution < -0.4 is 0 Å². The van der Waals surface area contributed by atoms with Crippen molar-refractivity contribution < 1.29 is 13.2 Å². The molecular formula is C31H28Br2ClN3O3S. The number of carbonyl (C=O) groups is 1. The predicted molar refractivity (Wildman–Crippen MR) is 169 cm³/mol. The zero-order valence-corrected chi connectivity index (χ0v) is 26.8. The fraction of sp³-hybridized carbons (Fsp3) is 0.290. The van der Waals surface area contributed by atoms with E-state index in [0.717, 1.165) is 50.6 Å². The monoisotopic (exact) mass is 715 g/mol. The smallest absolute Gasteiger partial charge is 0.261 e. The largest absolute Gasteiger partial charge is 0.271 e. The van der Waals surface area contributed by atoms with Gasteiger partial charge in [0.15, 0.2) is 0 Å². The van der Waals surface area contributed by atoms with E-state index in [4.69, 9.17) is 16.7 Å². The highest BCUT2D eigenvalue weighted by Crippen LogP contribution is 2.45. The third-order valence-corrected chi connectivity index (χ3v) is 11.3. The number of halogens is 3. The first kappa shape index (κ1) is 28.8. The maximum absolute atomic E-state index is 14.3. The lowest BCUT2D eigenvalue weighted by atomic mass is 9.77. The van der Waals surface area contributed by atoms with Crippen LogP contribution in [-0.2, 0) is 14.8 Å². The highest BCUT2D eigenvalue weighted by atomic mass is 79.9. The molecule has 0 N–H and O–H groups in total. The number of carbonyl (C=O) groups excluding carboxylic acids is 1. The minimum absolute atomic E-state index is 0.0262. The van der Waals surface area contributed by atoms with Gasteiger partial charge in [0, 0.05) is 26.4 Å². The minimum atomic E-state index is -3.89. The van der Waals surface area contributed by atoms with E-state index >= 15 is 0 Å². The predicted octanol–water partition coefficient (Wildman–Crippen LogP) is 7.84. The summed E-state index contributed by atoms with van der Waals surface area (Å²) in [4.78, 5) is 14.5. The van der Waals surface area contributed by atoms with Crippen LogP contribution in [0.2, 0.25) is 5.02 Å². The van der Waals surface area contributed by atoms with Gasteiger partial charge in [0.2, 0.25) is 10.0 Å². The number of nitrogens with zero attached hydrogens (tertiary/aromatic N) is 3. The molecule has 1 aliphatic carbocycles. The molecule has 3 aliphatic rings. The first-order valence-corrected chi connectivity index (χ1v) is 17.0. The van der Waals surface area contributed by atoms with Gasteiger partial charge in [0.1, 0.15) is 6.04 Å². The minimum Gasteiger partial charge on any atom is -0.271 e. The van der Waals surface area contributed by atoms with Gasteiger partial charge in [0.25, 0.3) is 5.91 Å². The van der Waals surface area contributed by atoms with Crippen LogP contribution >= 0.6 is 43.5 Å². The topological polar surface area (TPSA) is 70.1 Å². The fourth-order valence-electron chi connectivity index (χ4n) is 6.11. The van der Waals surface area contributed by atoms with Crippen molar-refractivity contribution in [1.82, 2.24) is 9.31 Å². The lowest BCUT2D eigenvalue weighted by Gasteiger charge is -2.32. The van der Waals surface area contributed by atoms with E-state index < -0.39 is 16.1 Å². The molecule has 0 spiro atoms. The van der Waals surface area contributed by atoms with Crippen LogP contribution in [0.25, 0.3) is 6.08 Å². The molecule has 6 rings (SSSR count). The molecule has 3 aromatic carbocycles. The van der Waals surface area contributed by atoms with E-state index in [1.165, 1.54) is 16.4 Å². The van der Waals surface area contributed by atoms with Gasteiger partial charge in [-0.1, -0.05) is 67.7 Å². The standard InChI is InChI=1S/C31H28Br2ClN3O3S/c32-23-10-6-20(7-11-23)19-22-3-1-4-27-29(22)35-37(30(27)21-8-12-24(33)13-9-21)31(38)28-5-2-18-36(28)41(39,40)26-16-14-25(34)15-17-26/h6-17,19,27-28,30H,1-5,18H2/b22-19-/t27-,28-,30+/m0/s1. The Bertz CT molecular complexity index is 1620. The average Bonchev–Trinajstić information content (AvgIpc) is 3.62. The number of hydrogen-bond donors (Lipinski definition) is 0. The third-order valence-electron chi connectivity index (χ3n) is 8.06. The van der Waals surface area contributed by atoms with Crippen molar-refractivity contribution in [3.8, 4) is 0 Å². The Labute approximate surface area is 262 Å². The van der Waals surface area contributed by atoms with Crippen LogP contribution in [0.3, 0.4) is 0 Å². The number of fused-ring (bicyclic) bond motifs is 1. The highest BCUT2D eigenvalue weighted by Gasteiger charge is 2.48. The number of hydrazone groups is 1. The van der Waals surface area contributed by atoms with Crippen molar-refractivity contribution in [2.75, 3.05) is 6.54 Å². The summed E-state index contributed by atoms with van der Waals surface area (Å²) in [6.07, 6.45) is 5.99. The molecule has 41 heavy (non-hydrogen) atoms. The van der Waals surface area contributed by atoms with Gasteiger partial charge in [-0.2, -0.15) is 9.41 Å². The Morgan fingerprint density at radius 2 is 1.56 bits per heavy atom. The molecule has 2 fully saturated rings. The zero-order chi connectivity index (χ0) is 28.7. The summed E-state index contributed by atoms with van der Waals surface area (Å²) < 4.78 is 30.6. The van der Waals surface area contributed by atoms with Crippen LogP contribution in [-0.4, -0.2) is 41.9 Å². The van der Waals surface area contributed by atoms with E-state index in [1.807, 2.05) is 36.4 Å². The molecule has 2 heterocycles. The van der Waals surface area contributed by atoms with Crippen molar-refractivity contribution >= 4 is 71.2 Å². The van der Waals surface area contributed by atoms with Gasteiger partial charge < -0.3 is 0 Å². The van der Waals surface area contributed by atoms with Crippen molar-refractivity contribution in [2.45, 2.75) is 49.1 Å². The summed E-state index contributed by atoms with van der Waals surface area (Å²) in [5, 5.41) is 7.05. The van der Waals surface area contributed by atoms with E-state index in [2.05, 4.69) is 50.1 Å². The van der Waals surface area contributed by atoms with Crippen LogP contribution in [0, 0.1) is 5.92 Å². The van der Waals surface area contributed by atoms with Crippen LogP contribution in [0.1, 0.15) is 49.3 Å². The van der Waals surface area contributed by atoms with Gasteiger partial charge in [-0.15, -0.1) is 0 Å². The molecule has 10 heteroatoms. The SMILES string of the molecule is O=C([C@@H]1CCCN1S(=O)(=O)c1ccc(Cl)cc1)N1N=C2/C(=C\c3ccc(Br)cc3)CCC[C@@H]2[C@H]1c1ccc(Br)cc1. The molecule has 0 bridgehead atoms. The first-order valence-electron chi connectivity index (χ1n) is 13.6. The van der Waals surface area contributed by atoms with Crippen LogP contribution in [0.4, 0.5) is 0 Å². The molecule has 1 saturated carbocycles. The van der Waals surface area contributed by atoms with Crippen molar-refractivity contribution in [3.05, 3.63) is 103 Å². The Hall–Kier alpha value is -2.30. The summed E-state index contributed by atoms with van der Waals surface area (Å²) in [5.74, 6) is -0.254. The average molecular weight is 718 g/mol. The molecule has 1 amide bonds. The second-order valence-electron chi connectivity index (χ2n) is 10.6. The van der Waals surface area contributed by atoms with E-state index in [9.17, 15) is 13.2 Å². The summed E-state index contributed by atoms with van der Waals surface area (Å²) >= 11 is 13.0. The van der Waals surface area contributed by atoms with E-state index in [-0.39, 0.29) is 29.3 Å². The molecule has 212 valence electrons. The van der Waals surface area contributed by atoms with Gasteiger partial charge in [0.05, 0.1) is 16.6 Å². The van der Waals surface area contributed by atoms with Crippen LogP contribution in [0.15, 0.2) is 97.3 Å². The molecule has 0 aromatic heterocycles. The number of allylic oxidation sites excluding steroid dienone is 1. The first-order chi connectivity index (χ1) is 19.7. The number of hydrogen-bond acceptors (Lipinski definition) is 4. The molecule has 3 atom stereocenters. The summed E-state index contributed by atoms with van der Waals surface area (Å²) in [7, 11) is -3.89. The number of benzene rings is 3. The number of amides is 1. The van der Waals surface area contributed by atoms with Gasteiger partial charge in [-0.3, -0.25) is 4.79 Å². The summed E-state index contributed by atoms with van der Waals surface area (Å²) in [6.45, 7) is 0.285. The summed E-state index contributed by atoms with van der Waals surface area (Å²) in [5.41, 5.74) is 4.11. The Balaban J connectivity index is 1.38. The second kappa shape index (κ2) is 11.8. The molecule has 1 saturated heterocycles. The van der Waals surface area contributed by atoms with Crippen molar-refractivity contribution in [3.63, 3.8) is 0 Å². The highest BCUT2D eigenvalue weighted by molar-refractivity contribution is 9.10. The Morgan fingerprint density at radius 1 is 0.902 bits per heavy atom. The molecule has 3 aromatic rings. The van der Waals surface area contributed by atoms with Crippen LogP contribution in [0.5, 0.6) is 0 Å².